The molecule has 0 aromatic carbocycles. The summed E-state index contributed by atoms with van der Waals surface area (Å²) in [5.74, 6) is 0.416. The van der Waals surface area contributed by atoms with E-state index in [4.69, 9.17) is 25.6 Å². The molecule has 12 nitrogen and oxygen atoms in total. The number of amidine groups is 1. The van der Waals surface area contributed by atoms with Crippen molar-refractivity contribution in [1.29, 1.82) is 5.41 Å². The molecule has 4 aromatic rings. The number of nitrogens with two attached hydrogens (primary N) is 1. The maximum absolute atomic E-state index is 13.3. The molecule has 2 atom stereocenters. The zero-order valence-corrected chi connectivity index (χ0v) is 22.0. The quantitative estimate of drug-likeness (QED) is 0.205. The zero-order valence-electron chi connectivity index (χ0n) is 22.0. The second-order valence-electron chi connectivity index (χ2n) is 9.31. The maximum Gasteiger partial charge on any atom is 0.387 e. The summed E-state index contributed by atoms with van der Waals surface area (Å²) in [4.78, 5) is 34.3. The summed E-state index contributed by atoms with van der Waals surface area (Å²) >= 11 is 0. The van der Waals surface area contributed by atoms with Crippen LogP contribution in [0.1, 0.15) is 47.9 Å². The Balaban J connectivity index is 1.55. The van der Waals surface area contributed by atoms with Gasteiger partial charge in [0.2, 0.25) is 0 Å². The van der Waals surface area contributed by atoms with Crippen LogP contribution in [0.15, 0.2) is 53.9 Å². The Morgan fingerprint density at radius 3 is 2.85 bits per heavy atom. The van der Waals surface area contributed by atoms with Crippen LogP contribution >= 0.6 is 0 Å². The number of methoxy groups -OCH3 is 1. The van der Waals surface area contributed by atoms with Crippen molar-refractivity contribution in [3.63, 3.8) is 0 Å². The number of fused-ring (bicyclic) bond motifs is 1. The number of rotatable bonds is 9. The predicted octanol–water partition coefficient (Wildman–Crippen LogP) is 3.72. The average Bonchev–Trinajstić information content (AvgIpc) is 3.36. The first-order valence-electron chi connectivity index (χ1n) is 12.8. The molecule has 14 heteroatoms. The van der Waals surface area contributed by atoms with Gasteiger partial charge in [-0.3, -0.25) is 20.2 Å². The third-order valence-corrected chi connectivity index (χ3v) is 6.79. The standard InChI is InChI=1S/C27H27F2N9O3/c1-40-17-7-9-32-19(11-17)26(39)36-15-4-2-5-16(10-15)38-21-12-18(24(31)35-14-30)34-13-20(21)37-25(38)23-22(41-27(28)29)6-3-8-33-23/h3,6-9,11-16,27H,2,4-5,10H2,1H3,(H,36,39)(H3,30,31,35). The third-order valence-electron chi connectivity index (χ3n) is 6.79. The molecule has 1 fully saturated rings. The molecule has 2 unspecified atom stereocenters. The van der Waals surface area contributed by atoms with Crippen LogP contribution in [-0.4, -0.2) is 62.3 Å². The Morgan fingerprint density at radius 1 is 1.22 bits per heavy atom. The van der Waals surface area contributed by atoms with Crippen LogP contribution in [0.5, 0.6) is 11.5 Å². The monoisotopic (exact) mass is 563 g/mol. The molecular weight excluding hydrogens is 536 g/mol. The van der Waals surface area contributed by atoms with Crippen molar-refractivity contribution in [1.82, 2.24) is 29.8 Å². The molecule has 0 bridgehead atoms. The van der Waals surface area contributed by atoms with E-state index in [-0.39, 0.29) is 41.0 Å². The van der Waals surface area contributed by atoms with Gasteiger partial charge >= 0.3 is 6.61 Å². The fourth-order valence-corrected chi connectivity index (χ4v) is 5.01. The average molecular weight is 564 g/mol. The van der Waals surface area contributed by atoms with Gasteiger partial charge in [-0.2, -0.15) is 8.78 Å². The Kier molecular flexibility index (Phi) is 8.08. The van der Waals surface area contributed by atoms with E-state index in [1.54, 1.807) is 18.2 Å². The molecule has 0 spiro atoms. The number of pyridine rings is 3. The lowest BCUT2D eigenvalue weighted by Gasteiger charge is -2.32. The van der Waals surface area contributed by atoms with E-state index in [1.165, 1.54) is 37.8 Å². The first-order chi connectivity index (χ1) is 19.9. The molecule has 0 radical (unpaired) electrons. The fraction of sp³-hybridized carbons (Fsp3) is 0.296. The van der Waals surface area contributed by atoms with Gasteiger partial charge in [-0.15, -0.1) is 0 Å². The summed E-state index contributed by atoms with van der Waals surface area (Å²) in [6.07, 6.45) is 8.06. The number of nitrogens with one attached hydrogen (secondary N) is 2. The van der Waals surface area contributed by atoms with Gasteiger partial charge in [0.25, 0.3) is 5.91 Å². The van der Waals surface area contributed by atoms with E-state index in [2.05, 4.69) is 25.3 Å². The van der Waals surface area contributed by atoms with Gasteiger partial charge < -0.3 is 25.1 Å². The number of amides is 1. The number of aromatic nitrogens is 5. The summed E-state index contributed by atoms with van der Waals surface area (Å²) in [5, 5.41) is 10.3. The minimum absolute atomic E-state index is 0.0373. The second-order valence-corrected chi connectivity index (χ2v) is 9.31. The fourth-order valence-electron chi connectivity index (χ4n) is 5.01. The Labute approximate surface area is 233 Å². The second kappa shape index (κ2) is 12.0. The van der Waals surface area contributed by atoms with Crippen LogP contribution in [-0.2, 0) is 0 Å². The van der Waals surface area contributed by atoms with E-state index >= 15 is 0 Å². The molecule has 1 aliphatic rings. The molecule has 5 rings (SSSR count). The number of imidazole rings is 1. The van der Waals surface area contributed by atoms with Gasteiger partial charge in [0.15, 0.2) is 17.4 Å². The summed E-state index contributed by atoms with van der Waals surface area (Å²) in [7, 11) is 1.51. The lowest BCUT2D eigenvalue weighted by Crippen LogP contribution is -2.39. The van der Waals surface area contributed by atoms with Crippen molar-refractivity contribution < 1.29 is 23.0 Å². The van der Waals surface area contributed by atoms with Crippen molar-refractivity contribution in [2.45, 2.75) is 44.4 Å². The number of aliphatic imine (C=N–C) groups is 1. The number of alkyl halides is 2. The molecule has 0 aliphatic heterocycles. The molecule has 4 heterocycles. The molecule has 4 aromatic heterocycles. The first-order valence-corrected chi connectivity index (χ1v) is 12.8. The molecule has 1 saturated carbocycles. The summed E-state index contributed by atoms with van der Waals surface area (Å²) in [6.45, 7) is -3.05. The molecule has 212 valence electrons. The Morgan fingerprint density at radius 2 is 2.07 bits per heavy atom. The van der Waals surface area contributed by atoms with Crippen LogP contribution in [0, 0.1) is 5.41 Å². The molecule has 1 amide bonds. The van der Waals surface area contributed by atoms with Gasteiger partial charge in [0.05, 0.1) is 18.8 Å². The zero-order chi connectivity index (χ0) is 28.9. The van der Waals surface area contributed by atoms with Crippen LogP contribution in [0.4, 0.5) is 8.78 Å². The number of carbonyl (C=O) groups is 1. The Hall–Kier alpha value is -5.01. The molecular formula is C27H27F2N9O3. The van der Waals surface area contributed by atoms with E-state index in [1.807, 2.05) is 4.57 Å². The highest BCUT2D eigenvalue weighted by Crippen LogP contribution is 2.38. The number of nitrogens with zero attached hydrogens (tertiary/aromatic N) is 6. The highest BCUT2D eigenvalue weighted by molar-refractivity contribution is 6.01. The van der Waals surface area contributed by atoms with Crippen LogP contribution < -0.4 is 20.5 Å². The van der Waals surface area contributed by atoms with Crippen LogP contribution in [0.25, 0.3) is 22.6 Å². The lowest BCUT2D eigenvalue weighted by molar-refractivity contribution is -0.0496. The van der Waals surface area contributed by atoms with Crippen LogP contribution in [0.3, 0.4) is 0 Å². The molecule has 0 saturated heterocycles. The summed E-state index contributed by atoms with van der Waals surface area (Å²) < 4.78 is 38.4. The van der Waals surface area contributed by atoms with E-state index in [9.17, 15) is 13.6 Å². The highest BCUT2D eigenvalue weighted by atomic mass is 19.3. The number of ether oxygens (including phenoxy) is 2. The van der Waals surface area contributed by atoms with Crippen molar-refractivity contribution in [3.05, 3.63) is 60.3 Å². The van der Waals surface area contributed by atoms with Gasteiger partial charge in [-0.25, -0.2) is 15.0 Å². The normalized spacial score (nSPS) is 17.4. The van der Waals surface area contributed by atoms with Gasteiger partial charge in [0, 0.05) is 30.5 Å². The minimum atomic E-state index is -3.05. The van der Waals surface area contributed by atoms with Gasteiger partial charge in [0.1, 0.15) is 34.7 Å². The SMILES string of the molecule is COc1ccnc(C(=O)NC2CCCC(n3c(-c4ncccc4OC(F)F)nc4cnc(C(N)=NC=N)cc43)C2)c1. The number of hydrogen-bond donors (Lipinski definition) is 3. The molecule has 41 heavy (non-hydrogen) atoms. The predicted molar refractivity (Wildman–Crippen MR) is 146 cm³/mol. The number of hydrogen-bond acceptors (Lipinski definition) is 8. The Bertz CT molecular complexity index is 1610. The van der Waals surface area contributed by atoms with E-state index < -0.39 is 6.61 Å². The smallest absolute Gasteiger partial charge is 0.387 e. The molecule has 4 N–H and O–H groups in total. The van der Waals surface area contributed by atoms with Crippen molar-refractivity contribution in [3.8, 4) is 23.0 Å². The topological polar surface area (TPSA) is 166 Å². The number of carbonyl (C=O) groups excluding carboxylic acids is 1. The molecule has 1 aliphatic carbocycles. The van der Waals surface area contributed by atoms with Gasteiger partial charge in [-0.1, -0.05) is 0 Å². The van der Waals surface area contributed by atoms with Crippen molar-refractivity contribution >= 4 is 29.1 Å². The summed E-state index contributed by atoms with van der Waals surface area (Å²) in [5.41, 5.74) is 7.80. The summed E-state index contributed by atoms with van der Waals surface area (Å²) in [6, 6.07) is 7.41. The van der Waals surface area contributed by atoms with Crippen molar-refractivity contribution in [2.75, 3.05) is 7.11 Å². The lowest BCUT2D eigenvalue weighted by atomic mass is 9.90. The van der Waals surface area contributed by atoms with Gasteiger partial charge in [-0.05, 0) is 49.9 Å². The largest absolute Gasteiger partial charge is 0.497 e. The number of halogens is 2. The van der Waals surface area contributed by atoms with E-state index in [0.717, 1.165) is 25.6 Å². The third kappa shape index (κ3) is 5.95. The highest BCUT2D eigenvalue weighted by Gasteiger charge is 2.30. The van der Waals surface area contributed by atoms with E-state index in [0.29, 0.717) is 34.7 Å². The minimum Gasteiger partial charge on any atom is -0.497 e. The van der Waals surface area contributed by atoms with Crippen molar-refractivity contribution in [2.24, 2.45) is 10.7 Å². The first kappa shape index (κ1) is 27.6. The van der Waals surface area contributed by atoms with Crippen LogP contribution in [0.2, 0.25) is 0 Å². The maximum atomic E-state index is 13.3.